The molecule has 0 radical (unpaired) electrons. The number of methoxy groups -OCH3 is 2. The van der Waals surface area contributed by atoms with Crippen molar-refractivity contribution >= 4 is 0 Å². The van der Waals surface area contributed by atoms with Crippen LogP contribution in [-0.2, 0) is 11.2 Å². The van der Waals surface area contributed by atoms with Crippen LogP contribution in [0, 0.1) is 6.92 Å². The highest BCUT2D eigenvalue weighted by Crippen LogP contribution is 2.22. The van der Waals surface area contributed by atoms with E-state index < -0.39 is 0 Å². The number of aryl methyl sites for hydroxylation is 1. The molecule has 19 heavy (non-hydrogen) atoms. The van der Waals surface area contributed by atoms with E-state index in [-0.39, 0.29) is 6.10 Å². The van der Waals surface area contributed by atoms with Crippen LogP contribution in [0.5, 0.6) is 5.75 Å². The Morgan fingerprint density at radius 3 is 2.58 bits per heavy atom. The Balaban J connectivity index is 2.85. The van der Waals surface area contributed by atoms with Crippen molar-refractivity contribution in [1.82, 2.24) is 5.32 Å². The number of hydrogen-bond donors (Lipinski definition) is 1. The number of hydrogen-bond acceptors (Lipinski definition) is 3. The Morgan fingerprint density at radius 1 is 1.26 bits per heavy atom. The van der Waals surface area contributed by atoms with Gasteiger partial charge in [-0.2, -0.15) is 0 Å². The lowest BCUT2D eigenvalue weighted by Crippen LogP contribution is -2.41. The Kier molecular flexibility index (Phi) is 6.89. The van der Waals surface area contributed by atoms with E-state index in [2.05, 4.69) is 38.2 Å². The van der Waals surface area contributed by atoms with Crippen molar-refractivity contribution < 1.29 is 9.47 Å². The molecule has 1 aromatic rings. The van der Waals surface area contributed by atoms with Gasteiger partial charge in [-0.15, -0.1) is 0 Å². The number of benzene rings is 1. The van der Waals surface area contributed by atoms with Gasteiger partial charge in [0.1, 0.15) is 5.75 Å². The molecule has 1 rings (SSSR count). The molecular formula is C16H27NO2. The van der Waals surface area contributed by atoms with Gasteiger partial charge in [0.25, 0.3) is 0 Å². The molecule has 0 spiro atoms. The molecule has 0 aliphatic heterocycles. The lowest BCUT2D eigenvalue weighted by molar-refractivity contribution is 0.0829. The van der Waals surface area contributed by atoms with Crippen molar-refractivity contribution in [2.75, 3.05) is 20.8 Å². The molecule has 0 heterocycles. The van der Waals surface area contributed by atoms with Gasteiger partial charge >= 0.3 is 0 Å². The SMILES string of the molecule is CCCNC(Cc1cc(C)ccc1OC)C(C)OC. The van der Waals surface area contributed by atoms with Crippen LogP contribution < -0.4 is 10.1 Å². The fourth-order valence-electron chi connectivity index (χ4n) is 2.20. The summed E-state index contributed by atoms with van der Waals surface area (Å²) < 4.78 is 10.9. The van der Waals surface area contributed by atoms with Gasteiger partial charge in [0.2, 0.25) is 0 Å². The average molecular weight is 265 g/mol. The van der Waals surface area contributed by atoms with Crippen molar-refractivity contribution in [3.63, 3.8) is 0 Å². The van der Waals surface area contributed by atoms with Crippen LogP contribution in [0.25, 0.3) is 0 Å². The van der Waals surface area contributed by atoms with Crippen LogP contribution in [-0.4, -0.2) is 32.9 Å². The largest absolute Gasteiger partial charge is 0.496 e. The quantitative estimate of drug-likeness (QED) is 0.784. The molecule has 0 saturated carbocycles. The molecular weight excluding hydrogens is 238 g/mol. The van der Waals surface area contributed by atoms with Crippen molar-refractivity contribution in [2.45, 2.75) is 45.8 Å². The zero-order valence-corrected chi connectivity index (χ0v) is 12.8. The molecule has 0 aromatic heterocycles. The van der Waals surface area contributed by atoms with E-state index in [0.29, 0.717) is 6.04 Å². The van der Waals surface area contributed by atoms with Crippen LogP contribution in [0.4, 0.5) is 0 Å². The summed E-state index contributed by atoms with van der Waals surface area (Å²) in [6.07, 6.45) is 2.22. The van der Waals surface area contributed by atoms with E-state index in [1.807, 2.05) is 6.07 Å². The Labute approximate surface area is 117 Å². The maximum atomic E-state index is 5.48. The minimum Gasteiger partial charge on any atom is -0.496 e. The topological polar surface area (TPSA) is 30.5 Å². The second kappa shape index (κ2) is 8.18. The van der Waals surface area contributed by atoms with Crippen molar-refractivity contribution in [2.24, 2.45) is 0 Å². The van der Waals surface area contributed by atoms with Gasteiger partial charge < -0.3 is 14.8 Å². The van der Waals surface area contributed by atoms with E-state index >= 15 is 0 Å². The third-order valence-corrected chi connectivity index (χ3v) is 3.47. The standard InChI is InChI=1S/C16H27NO2/c1-6-9-17-15(13(3)18-4)11-14-10-12(2)7-8-16(14)19-5/h7-8,10,13,15,17H,6,9,11H2,1-5H3. The normalized spacial score (nSPS) is 14.2. The van der Waals surface area contributed by atoms with Gasteiger partial charge in [-0.1, -0.05) is 24.6 Å². The van der Waals surface area contributed by atoms with Crippen LogP contribution in [0.15, 0.2) is 18.2 Å². The minimum atomic E-state index is 0.178. The third-order valence-electron chi connectivity index (χ3n) is 3.47. The number of nitrogens with one attached hydrogen (secondary N) is 1. The van der Waals surface area contributed by atoms with E-state index in [0.717, 1.165) is 25.1 Å². The highest BCUT2D eigenvalue weighted by molar-refractivity contribution is 5.37. The molecule has 0 amide bonds. The van der Waals surface area contributed by atoms with E-state index in [4.69, 9.17) is 9.47 Å². The molecule has 3 heteroatoms. The Bertz CT molecular complexity index is 379. The summed E-state index contributed by atoms with van der Waals surface area (Å²) >= 11 is 0. The number of ether oxygens (including phenoxy) is 2. The third kappa shape index (κ3) is 4.84. The fourth-order valence-corrected chi connectivity index (χ4v) is 2.20. The van der Waals surface area contributed by atoms with Gasteiger partial charge in [0.15, 0.2) is 0 Å². The summed E-state index contributed by atoms with van der Waals surface area (Å²) in [5.74, 6) is 0.956. The second-order valence-electron chi connectivity index (χ2n) is 5.02. The predicted molar refractivity (Wildman–Crippen MR) is 80.0 cm³/mol. The molecule has 0 aliphatic rings. The van der Waals surface area contributed by atoms with Crippen molar-refractivity contribution in [3.05, 3.63) is 29.3 Å². The first-order valence-corrected chi connectivity index (χ1v) is 7.02. The molecule has 1 N–H and O–H groups in total. The summed E-state index contributed by atoms with van der Waals surface area (Å²) in [6, 6.07) is 6.62. The number of rotatable bonds is 8. The Morgan fingerprint density at radius 2 is 2.00 bits per heavy atom. The molecule has 0 saturated heterocycles. The lowest BCUT2D eigenvalue weighted by atomic mass is 9.99. The van der Waals surface area contributed by atoms with Crippen molar-refractivity contribution in [3.8, 4) is 5.75 Å². The molecule has 2 unspecified atom stereocenters. The van der Waals surface area contributed by atoms with Crippen LogP contribution in [0.1, 0.15) is 31.4 Å². The van der Waals surface area contributed by atoms with E-state index in [9.17, 15) is 0 Å². The van der Waals surface area contributed by atoms with Gasteiger partial charge in [0.05, 0.1) is 13.2 Å². The lowest BCUT2D eigenvalue weighted by Gasteiger charge is -2.25. The maximum Gasteiger partial charge on any atom is 0.122 e. The summed E-state index contributed by atoms with van der Waals surface area (Å²) in [7, 11) is 3.49. The summed E-state index contributed by atoms with van der Waals surface area (Å²) in [5, 5.41) is 3.56. The van der Waals surface area contributed by atoms with Gasteiger partial charge in [-0.3, -0.25) is 0 Å². The van der Waals surface area contributed by atoms with Gasteiger partial charge in [-0.05, 0) is 44.9 Å². The molecule has 0 fully saturated rings. The molecule has 3 nitrogen and oxygen atoms in total. The summed E-state index contributed by atoms with van der Waals surface area (Å²) in [5.41, 5.74) is 2.50. The Hall–Kier alpha value is -1.06. The summed E-state index contributed by atoms with van der Waals surface area (Å²) in [6.45, 7) is 7.40. The van der Waals surface area contributed by atoms with Crippen LogP contribution >= 0.6 is 0 Å². The van der Waals surface area contributed by atoms with Crippen LogP contribution in [0.3, 0.4) is 0 Å². The van der Waals surface area contributed by atoms with Crippen LogP contribution in [0.2, 0.25) is 0 Å². The van der Waals surface area contributed by atoms with Gasteiger partial charge in [0, 0.05) is 13.2 Å². The summed E-state index contributed by atoms with van der Waals surface area (Å²) in [4.78, 5) is 0. The van der Waals surface area contributed by atoms with E-state index in [1.165, 1.54) is 11.1 Å². The molecule has 0 aliphatic carbocycles. The first-order chi connectivity index (χ1) is 9.12. The molecule has 108 valence electrons. The average Bonchev–Trinajstić information content (AvgIpc) is 2.42. The first kappa shape index (κ1) is 16.0. The zero-order valence-electron chi connectivity index (χ0n) is 12.8. The fraction of sp³-hybridized carbons (Fsp3) is 0.625. The minimum absolute atomic E-state index is 0.178. The molecule has 0 bridgehead atoms. The second-order valence-corrected chi connectivity index (χ2v) is 5.02. The monoisotopic (exact) mass is 265 g/mol. The smallest absolute Gasteiger partial charge is 0.122 e. The zero-order chi connectivity index (χ0) is 14.3. The first-order valence-electron chi connectivity index (χ1n) is 7.02. The molecule has 1 aromatic carbocycles. The van der Waals surface area contributed by atoms with Crippen molar-refractivity contribution in [1.29, 1.82) is 0 Å². The highest BCUT2D eigenvalue weighted by atomic mass is 16.5. The van der Waals surface area contributed by atoms with Gasteiger partial charge in [-0.25, -0.2) is 0 Å². The predicted octanol–water partition coefficient (Wildman–Crippen LogP) is 2.95. The highest BCUT2D eigenvalue weighted by Gasteiger charge is 2.18. The maximum absolute atomic E-state index is 5.48. The molecule has 2 atom stereocenters. The van der Waals surface area contributed by atoms with E-state index in [1.54, 1.807) is 14.2 Å².